The maximum Gasteiger partial charge on any atom is 0.137 e. The molecule has 0 spiro atoms. The van der Waals surface area contributed by atoms with Crippen LogP contribution in [0.15, 0.2) is 72.8 Å². The Kier molecular flexibility index (Phi) is 7.88. The molecule has 136 valence electrons. The van der Waals surface area contributed by atoms with Crippen molar-refractivity contribution in [2.45, 2.75) is 45.4 Å². The van der Waals surface area contributed by atoms with Gasteiger partial charge in [0.2, 0.25) is 0 Å². The van der Waals surface area contributed by atoms with Crippen LogP contribution in [0, 0.1) is 0 Å². The molecule has 0 aliphatic heterocycles. The van der Waals surface area contributed by atoms with Gasteiger partial charge >= 0.3 is 0 Å². The number of halogens is 1. The first kappa shape index (κ1) is 21.4. The summed E-state index contributed by atoms with van der Waals surface area (Å²) in [7, 11) is 0. The van der Waals surface area contributed by atoms with Crippen LogP contribution in [0.1, 0.15) is 38.8 Å². The van der Waals surface area contributed by atoms with Crippen LogP contribution in [0.5, 0.6) is 0 Å². The maximum absolute atomic E-state index is 11.7. The molecule has 0 heterocycles. The number of nitrogens with zero attached hydrogens (tertiary/aromatic N) is 1. The number of hydrogen-bond acceptors (Lipinski definition) is 2. The van der Waals surface area contributed by atoms with Crippen molar-refractivity contribution in [3.05, 3.63) is 83.9 Å². The Morgan fingerprint density at radius 1 is 0.880 bits per heavy atom. The number of benzene rings is 2. The summed E-state index contributed by atoms with van der Waals surface area (Å²) in [5.74, 6) is 0. The van der Waals surface area contributed by atoms with Crippen molar-refractivity contribution < 1.29 is 5.11 Å². The lowest BCUT2D eigenvalue weighted by molar-refractivity contribution is 0.0987. The summed E-state index contributed by atoms with van der Waals surface area (Å²) in [5, 5.41) is 11.7. The van der Waals surface area contributed by atoms with E-state index in [1.807, 2.05) is 60.7 Å². The van der Waals surface area contributed by atoms with Crippen molar-refractivity contribution in [1.29, 1.82) is 0 Å². The molecule has 0 saturated heterocycles. The highest BCUT2D eigenvalue weighted by atomic mass is 35.5. The fourth-order valence-corrected chi connectivity index (χ4v) is 3.23. The van der Waals surface area contributed by atoms with E-state index in [1.165, 1.54) is 0 Å². The van der Waals surface area contributed by atoms with Gasteiger partial charge < -0.3 is 5.11 Å². The minimum Gasteiger partial charge on any atom is -0.376 e. The van der Waals surface area contributed by atoms with Gasteiger partial charge in [0.1, 0.15) is 5.60 Å². The first-order valence-corrected chi connectivity index (χ1v) is 8.64. The van der Waals surface area contributed by atoms with Crippen LogP contribution in [0.3, 0.4) is 0 Å². The Hall–Kier alpha value is -1.61. The van der Waals surface area contributed by atoms with E-state index >= 15 is 0 Å². The molecule has 0 saturated carbocycles. The van der Waals surface area contributed by atoms with Crippen LogP contribution < -0.4 is 0 Å². The topological polar surface area (TPSA) is 23.5 Å². The average molecular weight is 360 g/mol. The molecule has 0 unspecified atom stereocenters. The first-order chi connectivity index (χ1) is 11.4. The van der Waals surface area contributed by atoms with Gasteiger partial charge in [0.05, 0.1) is 0 Å². The molecule has 2 aromatic rings. The van der Waals surface area contributed by atoms with Gasteiger partial charge in [0, 0.05) is 18.6 Å². The monoisotopic (exact) mass is 359 g/mol. The molecule has 2 aromatic carbocycles. The first-order valence-electron chi connectivity index (χ1n) is 8.64. The van der Waals surface area contributed by atoms with Crippen LogP contribution in [0.2, 0.25) is 0 Å². The molecule has 3 heteroatoms. The van der Waals surface area contributed by atoms with E-state index < -0.39 is 5.60 Å². The van der Waals surface area contributed by atoms with Crippen molar-refractivity contribution in [1.82, 2.24) is 4.90 Å². The molecule has 0 aromatic heterocycles. The van der Waals surface area contributed by atoms with Gasteiger partial charge in [0.15, 0.2) is 0 Å². The van der Waals surface area contributed by atoms with E-state index in [4.69, 9.17) is 0 Å². The number of aliphatic hydroxyl groups is 1. The lowest BCUT2D eigenvalue weighted by Gasteiger charge is -2.37. The van der Waals surface area contributed by atoms with E-state index in [2.05, 4.69) is 39.2 Å². The molecule has 0 fully saturated rings. The molecule has 0 bridgehead atoms. The van der Waals surface area contributed by atoms with Crippen LogP contribution >= 0.6 is 12.4 Å². The summed E-state index contributed by atoms with van der Waals surface area (Å²) < 4.78 is 0. The fourth-order valence-electron chi connectivity index (χ4n) is 3.23. The summed E-state index contributed by atoms with van der Waals surface area (Å²) >= 11 is 0. The van der Waals surface area contributed by atoms with E-state index in [1.54, 1.807) is 0 Å². The van der Waals surface area contributed by atoms with Crippen LogP contribution in [0.4, 0.5) is 0 Å². The third kappa shape index (κ3) is 4.72. The Morgan fingerprint density at radius 2 is 1.24 bits per heavy atom. The standard InChI is InChI=1S/C22H29NO.ClH/c1-17(2)23(18(3)4)16-19(5)22(24,20-12-8-6-9-13-20)21-14-10-7-11-15-21;/h6-15,17-18,24H,5,16H2,1-4H3;1H. The van der Waals surface area contributed by atoms with E-state index in [0.717, 1.165) is 16.7 Å². The molecule has 0 aliphatic carbocycles. The van der Waals surface area contributed by atoms with Crippen molar-refractivity contribution in [3.8, 4) is 0 Å². The van der Waals surface area contributed by atoms with Gasteiger partial charge in [-0.1, -0.05) is 67.2 Å². The molecular formula is C22H30ClNO. The number of hydrogen-bond donors (Lipinski definition) is 1. The van der Waals surface area contributed by atoms with Crippen molar-refractivity contribution >= 4 is 12.4 Å². The summed E-state index contributed by atoms with van der Waals surface area (Å²) in [4.78, 5) is 2.35. The van der Waals surface area contributed by atoms with Gasteiger partial charge in [0.25, 0.3) is 0 Å². The summed E-state index contributed by atoms with van der Waals surface area (Å²) in [5.41, 5.74) is 1.31. The predicted octanol–water partition coefficient (Wildman–Crippen LogP) is 5.02. The summed E-state index contributed by atoms with van der Waals surface area (Å²) in [6.45, 7) is 13.7. The van der Waals surface area contributed by atoms with E-state index in [9.17, 15) is 5.11 Å². The van der Waals surface area contributed by atoms with Gasteiger partial charge in [-0.2, -0.15) is 0 Å². The second-order valence-corrected chi connectivity index (χ2v) is 6.91. The van der Waals surface area contributed by atoms with Gasteiger partial charge in [-0.25, -0.2) is 0 Å². The molecule has 2 rings (SSSR count). The second-order valence-electron chi connectivity index (χ2n) is 6.91. The highest BCUT2D eigenvalue weighted by molar-refractivity contribution is 5.85. The average Bonchev–Trinajstić information content (AvgIpc) is 2.59. The minimum absolute atomic E-state index is 0. The lowest BCUT2D eigenvalue weighted by atomic mass is 9.80. The highest BCUT2D eigenvalue weighted by Gasteiger charge is 2.35. The smallest absolute Gasteiger partial charge is 0.137 e. The van der Waals surface area contributed by atoms with Crippen LogP contribution in [-0.2, 0) is 5.60 Å². The van der Waals surface area contributed by atoms with Gasteiger partial charge in [-0.15, -0.1) is 12.4 Å². The van der Waals surface area contributed by atoms with Gasteiger partial charge in [-0.3, -0.25) is 4.90 Å². The largest absolute Gasteiger partial charge is 0.376 e. The fraction of sp³-hybridized carbons (Fsp3) is 0.364. The third-order valence-corrected chi connectivity index (χ3v) is 4.59. The SMILES string of the molecule is C=C(CN(C(C)C)C(C)C)C(O)(c1ccccc1)c1ccccc1.Cl. The predicted molar refractivity (Wildman–Crippen MR) is 109 cm³/mol. The van der Waals surface area contributed by atoms with Crippen LogP contribution in [-0.4, -0.2) is 28.6 Å². The van der Waals surface area contributed by atoms with Gasteiger partial charge in [-0.05, 0) is 44.4 Å². The van der Waals surface area contributed by atoms with Crippen LogP contribution in [0.25, 0.3) is 0 Å². The molecular weight excluding hydrogens is 330 g/mol. The summed E-state index contributed by atoms with van der Waals surface area (Å²) in [6.07, 6.45) is 0. The zero-order valence-corrected chi connectivity index (χ0v) is 16.5. The third-order valence-electron chi connectivity index (χ3n) is 4.59. The lowest BCUT2D eigenvalue weighted by Crippen LogP contribution is -2.42. The molecule has 0 atom stereocenters. The molecule has 2 nitrogen and oxygen atoms in total. The Bertz CT molecular complexity index is 605. The van der Waals surface area contributed by atoms with Crippen molar-refractivity contribution in [3.63, 3.8) is 0 Å². The van der Waals surface area contributed by atoms with E-state index in [0.29, 0.717) is 18.6 Å². The minimum atomic E-state index is -1.19. The molecule has 0 amide bonds. The molecule has 1 N–H and O–H groups in total. The molecule has 0 aliphatic rings. The quantitative estimate of drug-likeness (QED) is 0.701. The highest BCUT2D eigenvalue weighted by Crippen LogP contribution is 2.36. The normalized spacial score (nSPS) is 11.7. The van der Waals surface area contributed by atoms with E-state index in [-0.39, 0.29) is 12.4 Å². The molecule has 25 heavy (non-hydrogen) atoms. The maximum atomic E-state index is 11.7. The zero-order chi connectivity index (χ0) is 17.7. The second kappa shape index (κ2) is 9.19. The zero-order valence-electron chi connectivity index (χ0n) is 15.6. The Morgan fingerprint density at radius 3 is 1.56 bits per heavy atom. The number of rotatable bonds is 7. The van der Waals surface area contributed by atoms with Crippen molar-refractivity contribution in [2.24, 2.45) is 0 Å². The van der Waals surface area contributed by atoms with Crippen molar-refractivity contribution in [2.75, 3.05) is 6.54 Å². The Labute approximate surface area is 158 Å². The Balaban J connectivity index is 0.00000312. The molecule has 0 radical (unpaired) electrons. The summed E-state index contributed by atoms with van der Waals surface area (Å²) in [6, 6.07) is 20.4.